The van der Waals surface area contributed by atoms with Crippen LogP contribution in [0.15, 0.2) is 36.4 Å². The second-order valence-corrected chi connectivity index (χ2v) is 7.30. The highest BCUT2D eigenvalue weighted by molar-refractivity contribution is 5.95. The zero-order valence-corrected chi connectivity index (χ0v) is 15.3. The van der Waals surface area contributed by atoms with Crippen LogP contribution in [0.3, 0.4) is 0 Å². The van der Waals surface area contributed by atoms with Gasteiger partial charge in [-0.15, -0.1) is 0 Å². The Hall–Kier alpha value is -2.12. The molecular formula is C20H23F2N3O2. The van der Waals surface area contributed by atoms with E-state index < -0.39 is 5.92 Å². The fraction of sp³-hybridized carbons (Fsp3) is 0.500. The van der Waals surface area contributed by atoms with Gasteiger partial charge in [0.1, 0.15) is 5.69 Å². The zero-order chi connectivity index (χ0) is 19.0. The minimum Gasteiger partial charge on any atom is -0.380 e. The number of alkyl halides is 2. The molecule has 1 aromatic carbocycles. The number of halogens is 2. The molecule has 1 aromatic heterocycles. The molecule has 2 aliphatic heterocycles. The number of nitrogens with zero attached hydrogens (tertiary/aromatic N) is 3. The van der Waals surface area contributed by atoms with Crippen LogP contribution in [-0.4, -0.2) is 71.5 Å². The van der Waals surface area contributed by atoms with Crippen molar-refractivity contribution in [1.29, 1.82) is 0 Å². The number of ether oxygens (including phenoxy) is 1. The number of fused-ring (bicyclic) bond motifs is 1. The molecule has 3 heterocycles. The van der Waals surface area contributed by atoms with E-state index in [1.807, 2.05) is 42.2 Å². The Morgan fingerprint density at radius 2 is 2.04 bits per heavy atom. The molecule has 0 aliphatic carbocycles. The Bertz CT molecular complexity index is 839. The number of carbonyl (C=O) groups excluding carboxylic acids is 1. The lowest BCUT2D eigenvalue weighted by Crippen LogP contribution is -2.62. The minimum absolute atomic E-state index is 0.0479. The predicted octanol–water partition coefficient (Wildman–Crippen LogP) is 2.81. The van der Waals surface area contributed by atoms with Crippen LogP contribution in [0.25, 0.3) is 10.9 Å². The average Bonchev–Trinajstić information content (AvgIpc) is 2.92. The van der Waals surface area contributed by atoms with E-state index in [-0.39, 0.29) is 31.0 Å². The van der Waals surface area contributed by atoms with Crippen molar-refractivity contribution in [2.75, 3.05) is 32.8 Å². The highest BCUT2D eigenvalue weighted by atomic mass is 19.3. The van der Waals surface area contributed by atoms with Gasteiger partial charge in [-0.2, -0.15) is 0 Å². The molecule has 4 rings (SSSR count). The van der Waals surface area contributed by atoms with Crippen LogP contribution in [0.2, 0.25) is 0 Å². The van der Waals surface area contributed by atoms with Gasteiger partial charge >= 0.3 is 0 Å². The van der Waals surface area contributed by atoms with Crippen LogP contribution < -0.4 is 0 Å². The summed E-state index contributed by atoms with van der Waals surface area (Å²) in [4.78, 5) is 20.6. The molecule has 0 N–H and O–H groups in total. The molecule has 1 atom stereocenters. The van der Waals surface area contributed by atoms with Crippen molar-refractivity contribution in [3.8, 4) is 0 Å². The molecule has 0 unspecified atom stereocenters. The Morgan fingerprint density at radius 1 is 1.26 bits per heavy atom. The van der Waals surface area contributed by atoms with E-state index >= 15 is 0 Å². The summed E-state index contributed by atoms with van der Waals surface area (Å²) in [5.41, 5.74) is 1.17. The summed E-state index contributed by atoms with van der Waals surface area (Å²) in [6, 6.07) is 10.9. The fourth-order valence-corrected chi connectivity index (χ4v) is 3.94. The topological polar surface area (TPSA) is 45.7 Å². The third-order valence-electron chi connectivity index (χ3n) is 5.37. The zero-order valence-electron chi connectivity index (χ0n) is 15.3. The number of benzene rings is 1. The number of hydrogen-bond acceptors (Lipinski definition) is 4. The number of carbonyl (C=O) groups is 1. The smallest absolute Gasteiger partial charge is 0.272 e. The first-order valence-electron chi connectivity index (χ1n) is 9.33. The average molecular weight is 375 g/mol. The molecule has 2 aromatic rings. The second-order valence-electron chi connectivity index (χ2n) is 7.30. The van der Waals surface area contributed by atoms with Gasteiger partial charge < -0.3 is 9.64 Å². The van der Waals surface area contributed by atoms with Crippen LogP contribution in [0.4, 0.5) is 8.78 Å². The van der Waals surface area contributed by atoms with Crippen molar-refractivity contribution in [3.63, 3.8) is 0 Å². The van der Waals surface area contributed by atoms with Crippen molar-refractivity contribution < 1.29 is 18.3 Å². The summed E-state index contributed by atoms with van der Waals surface area (Å²) in [6.07, 6.45) is -0.177. The molecule has 2 saturated heterocycles. The van der Waals surface area contributed by atoms with Crippen molar-refractivity contribution in [2.24, 2.45) is 0 Å². The van der Waals surface area contributed by atoms with E-state index in [0.29, 0.717) is 32.0 Å². The van der Waals surface area contributed by atoms with Crippen LogP contribution in [0.1, 0.15) is 23.8 Å². The lowest BCUT2D eigenvalue weighted by atomic mass is 10.0. The maximum atomic E-state index is 13.9. The summed E-state index contributed by atoms with van der Waals surface area (Å²) in [7, 11) is 0. The SMILES string of the molecule is CCOC[C@@H]1CC(F)(F)CN1C1CN(C(=O)c2ccc3ccccc3n2)C1. The van der Waals surface area contributed by atoms with Crippen LogP contribution in [0.5, 0.6) is 0 Å². The minimum atomic E-state index is -2.69. The highest BCUT2D eigenvalue weighted by Crippen LogP contribution is 2.35. The van der Waals surface area contributed by atoms with E-state index in [9.17, 15) is 13.6 Å². The molecular weight excluding hydrogens is 352 g/mol. The number of likely N-dealkylation sites (tertiary alicyclic amines) is 2. The number of pyridine rings is 1. The van der Waals surface area contributed by atoms with Crippen LogP contribution in [-0.2, 0) is 4.74 Å². The normalized spacial score (nSPS) is 22.9. The molecule has 5 nitrogen and oxygen atoms in total. The number of amides is 1. The quantitative estimate of drug-likeness (QED) is 0.806. The lowest BCUT2D eigenvalue weighted by molar-refractivity contribution is -0.0150. The predicted molar refractivity (Wildman–Crippen MR) is 98.0 cm³/mol. The van der Waals surface area contributed by atoms with Gasteiger partial charge in [-0.25, -0.2) is 13.8 Å². The number of para-hydroxylation sites is 1. The first-order valence-corrected chi connectivity index (χ1v) is 9.33. The van der Waals surface area contributed by atoms with Gasteiger partial charge in [-0.1, -0.05) is 24.3 Å². The largest absolute Gasteiger partial charge is 0.380 e. The molecule has 2 aliphatic rings. The highest BCUT2D eigenvalue weighted by Gasteiger charge is 2.50. The summed E-state index contributed by atoms with van der Waals surface area (Å²) in [6.45, 7) is 3.32. The van der Waals surface area contributed by atoms with Crippen LogP contribution >= 0.6 is 0 Å². The third kappa shape index (κ3) is 3.66. The summed E-state index contributed by atoms with van der Waals surface area (Å²) >= 11 is 0. The molecule has 1 amide bonds. The standard InChI is InChI=1S/C20H23F2N3O2/c1-2-27-12-15-9-20(21,22)13-25(15)16-10-24(11-16)19(26)18-8-7-14-5-3-4-6-17(14)23-18/h3-8,15-16H,2,9-13H2,1H3/t15-/m0/s1. The van der Waals surface area contributed by atoms with Crippen molar-refractivity contribution in [2.45, 2.75) is 31.4 Å². The number of rotatable bonds is 5. The Morgan fingerprint density at radius 3 is 2.81 bits per heavy atom. The van der Waals surface area contributed by atoms with Gasteiger partial charge in [-0.3, -0.25) is 9.69 Å². The van der Waals surface area contributed by atoms with E-state index in [1.54, 1.807) is 11.0 Å². The molecule has 0 bridgehead atoms. The Balaban J connectivity index is 1.41. The molecule has 144 valence electrons. The van der Waals surface area contributed by atoms with Gasteiger partial charge in [0.15, 0.2) is 0 Å². The van der Waals surface area contributed by atoms with Gasteiger partial charge in [0.05, 0.1) is 18.7 Å². The second kappa shape index (κ2) is 7.13. The van der Waals surface area contributed by atoms with Gasteiger partial charge in [0.25, 0.3) is 11.8 Å². The number of aromatic nitrogens is 1. The summed E-state index contributed by atoms with van der Waals surface area (Å²) in [5.74, 6) is -2.84. The third-order valence-corrected chi connectivity index (χ3v) is 5.37. The number of hydrogen-bond donors (Lipinski definition) is 0. The molecule has 27 heavy (non-hydrogen) atoms. The van der Waals surface area contributed by atoms with Gasteiger partial charge in [0, 0.05) is 43.6 Å². The van der Waals surface area contributed by atoms with E-state index in [1.165, 1.54) is 0 Å². The van der Waals surface area contributed by atoms with Crippen LogP contribution in [0, 0.1) is 0 Å². The van der Waals surface area contributed by atoms with Gasteiger partial charge in [-0.05, 0) is 19.1 Å². The molecule has 2 fully saturated rings. The fourth-order valence-electron chi connectivity index (χ4n) is 3.94. The summed E-state index contributed by atoms with van der Waals surface area (Å²) < 4.78 is 33.1. The van der Waals surface area contributed by atoms with E-state index in [0.717, 1.165) is 10.9 Å². The van der Waals surface area contributed by atoms with Gasteiger partial charge in [0.2, 0.25) is 0 Å². The van der Waals surface area contributed by atoms with E-state index in [2.05, 4.69) is 4.98 Å². The summed E-state index contributed by atoms with van der Waals surface area (Å²) in [5, 5.41) is 0.980. The van der Waals surface area contributed by atoms with E-state index in [4.69, 9.17) is 4.74 Å². The van der Waals surface area contributed by atoms with Crippen molar-refractivity contribution in [3.05, 3.63) is 42.1 Å². The first kappa shape index (κ1) is 18.3. The first-order chi connectivity index (χ1) is 13.0. The van der Waals surface area contributed by atoms with Crippen molar-refractivity contribution in [1.82, 2.24) is 14.8 Å². The molecule has 7 heteroatoms. The monoisotopic (exact) mass is 375 g/mol. The maximum absolute atomic E-state index is 13.9. The Kier molecular flexibility index (Phi) is 4.82. The Labute approximate surface area is 156 Å². The molecule has 0 saturated carbocycles. The lowest BCUT2D eigenvalue weighted by Gasteiger charge is -2.45. The van der Waals surface area contributed by atoms with Crippen molar-refractivity contribution >= 4 is 16.8 Å². The molecule has 0 radical (unpaired) electrons. The maximum Gasteiger partial charge on any atom is 0.272 e. The molecule has 0 spiro atoms.